The van der Waals surface area contributed by atoms with E-state index in [0.717, 1.165) is 5.56 Å². The van der Waals surface area contributed by atoms with Gasteiger partial charge in [0.1, 0.15) is 18.1 Å². The van der Waals surface area contributed by atoms with Crippen molar-refractivity contribution < 1.29 is 23.5 Å². The van der Waals surface area contributed by atoms with Gasteiger partial charge < -0.3 is 19.2 Å². The minimum atomic E-state index is -0.291. The number of hydrogen-bond donors (Lipinski definition) is 1. The average Bonchev–Trinajstić information content (AvgIpc) is 2.96. The fraction of sp³-hybridized carbons (Fsp3) is 0.200. The van der Waals surface area contributed by atoms with Crippen LogP contribution in [0.3, 0.4) is 0 Å². The number of carbonyl (C=O) groups is 2. The van der Waals surface area contributed by atoms with Gasteiger partial charge in [-0.05, 0) is 30.3 Å². The van der Waals surface area contributed by atoms with Gasteiger partial charge in [0.15, 0.2) is 12.0 Å². The fourth-order valence-electron chi connectivity index (χ4n) is 1.85. The van der Waals surface area contributed by atoms with Gasteiger partial charge in [-0.3, -0.25) is 9.59 Å². The first-order valence-corrected chi connectivity index (χ1v) is 6.20. The number of methoxy groups -OCH3 is 2. The predicted molar refractivity (Wildman–Crippen MR) is 76.6 cm³/mol. The largest absolute Gasteiger partial charge is 0.495 e. The Morgan fingerprint density at radius 2 is 2.10 bits per heavy atom. The monoisotopic (exact) mass is 289 g/mol. The summed E-state index contributed by atoms with van der Waals surface area (Å²) in [5.74, 6) is 0.999. The van der Waals surface area contributed by atoms with E-state index >= 15 is 0 Å². The van der Waals surface area contributed by atoms with E-state index < -0.39 is 0 Å². The van der Waals surface area contributed by atoms with Crippen LogP contribution >= 0.6 is 0 Å². The molecule has 0 bridgehead atoms. The number of amides is 1. The number of carbonyl (C=O) groups excluding carboxylic acids is 2. The Labute approximate surface area is 121 Å². The zero-order valence-electron chi connectivity index (χ0n) is 11.7. The molecule has 1 aromatic carbocycles. The SMILES string of the molecule is COCC(=O)Nc1cc(-c2ccc(C=O)o2)ccc1OC. The number of furan rings is 1. The number of hydrogen-bond acceptors (Lipinski definition) is 5. The Hall–Kier alpha value is -2.60. The molecular weight excluding hydrogens is 274 g/mol. The standard InChI is InChI=1S/C15H15NO5/c1-19-9-15(18)16-12-7-10(3-5-14(12)20-2)13-6-4-11(8-17)21-13/h3-8H,9H2,1-2H3,(H,16,18). The minimum Gasteiger partial charge on any atom is -0.495 e. The molecule has 1 amide bonds. The van der Waals surface area contributed by atoms with Crippen LogP contribution in [0.25, 0.3) is 11.3 Å². The van der Waals surface area contributed by atoms with Crippen molar-refractivity contribution in [3.63, 3.8) is 0 Å². The lowest BCUT2D eigenvalue weighted by molar-refractivity contribution is -0.119. The minimum absolute atomic E-state index is 0.0522. The van der Waals surface area contributed by atoms with Crippen molar-refractivity contribution in [1.29, 1.82) is 0 Å². The maximum Gasteiger partial charge on any atom is 0.250 e. The zero-order valence-corrected chi connectivity index (χ0v) is 11.7. The van der Waals surface area contributed by atoms with Crippen LogP contribution in [-0.2, 0) is 9.53 Å². The topological polar surface area (TPSA) is 77.8 Å². The molecule has 0 atom stereocenters. The summed E-state index contributed by atoms with van der Waals surface area (Å²) >= 11 is 0. The summed E-state index contributed by atoms with van der Waals surface area (Å²) in [5, 5.41) is 2.69. The lowest BCUT2D eigenvalue weighted by Crippen LogP contribution is -2.17. The van der Waals surface area contributed by atoms with Gasteiger partial charge in [-0.15, -0.1) is 0 Å². The maximum absolute atomic E-state index is 11.6. The highest BCUT2D eigenvalue weighted by Gasteiger charge is 2.11. The van der Waals surface area contributed by atoms with Crippen LogP contribution in [0.4, 0.5) is 5.69 Å². The second kappa shape index (κ2) is 6.71. The zero-order chi connectivity index (χ0) is 15.2. The van der Waals surface area contributed by atoms with Crippen molar-refractivity contribution >= 4 is 17.9 Å². The molecule has 2 aromatic rings. The Bertz CT molecular complexity index is 647. The van der Waals surface area contributed by atoms with E-state index in [9.17, 15) is 9.59 Å². The lowest BCUT2D eigenvalue weighted by Gasteiger charge is -2.11. The molecule has 6 nitrogen and oxygen atoms in total. The molecule has 0 aliphatic carbocycles. The molecule has 0 unspecified atom stereocenters. The van der Waals surface area contributed by atoms with E-state index in [0.29, 0.717) is 23.5 Å². The van der Waals surface area contributed by atoms with Gasteiger partial charge in [-0.2, -0.15) is 0 Å². The predicted octanol–water partition coefficient (Wildman–Crippen LogP) is 2.35. The third kappa shape index (κ3) is 3.49. The second-order valence-corrected chi connectivity index (χ2v) is 4.22. The molecule has 0 spiro atoms. The molecule has 0 radical (unpaired) electrons. The number of anilines is 1. The van der Waals surface area contributed by atoms with Gasteiger partial charge in [0.2, 0.25) is 5.91 Å². The van der Waals surface area contributed by atoms with Gasteiger partial charge in [-0.1, -0.05) is 0 Å². The average molecular weight is 289 g/mol. The number of rotatable bonds is 6. The Morgan fingerprint density at radius 1 is 1.29 bits per heavy atom. The highest BCUT2D eigenvalue weighted by molar-refractivity contribution is 5.94. The van der Waals surface area contributed by atoms with Crippen molar-refractivity contribution in [2.75, 3.05) is 26.1 Å². The summed E-state index contributed by atoms with van der Waals surface area (Å²) in [6, 6.07) is 8.46. The molecule has 0 fully saturated rings. The molecule has 1 aromatic heterocycles. The molecule has 0 saturated heterocycles. The van der Waals surface area contributed by atoms with Crippen LogP contribution in [0.5, 0.6) is 5.75 Å². The molecule has 0 saturated carbocycles. The van der Waals surface area contributed by atoms with Crippen molar-refractivity contribution in [2.24, 2.45) is 0 Å². The Morgan fingerprint density at radius 3 is 2.71 bits per heavy atom. The molecule has 21 heavy (non-hydrogen) atoms. The Balaban J connectivity index is 2.32. The highest BCUT2D eigenvalue weighted by Crippen LogP contribution is 2.31. The smallest absolute Gasteiger partial charge is 0.250 e. The summed E-state index contributed by atoms with van der Waals surface area (Å²) in [6.45, 7) is -0.0522. The molecular formula is C15H15NO5. The van der Waals surface area contributed by atoms with E-state index in [4.69, 9.17) is 13.9 Å². The first kappa shape index (κ1) is 14.8. The first-order chi connectivity index (χ1) is 10.2. The molecule has 1 N–H and O–H groups in total. The van der Waals surface area contributed by atoms with Crippen LogP contribution in [0, 0.1) is 0 Å². The number of aldehydes is 1. The van der Waals surface area contributed by atoms with E-state index in [1.807, 2.05) is 0 Å². The molecule has 0 aliphatic heterocycles. The second-order valence-electron chi connectivity index (χ2n) is 4.22. The third-order valence-electron chi connectivity index (χ3n) is 2.78. The van der Waals surface area contributed by atoms with Crippen LogP contribution in [0.2, 0.25) is 0 Å². The molecule has 2 rings (SSSR count). The maximum atomic E-state index is 11.6. The van der Waals surface area contributed by atoms with Crippen LogP contribution in [-0.4, -0.2) is 33.0 Å². The fourth-order valence-corrected chi connectivity index (χ4v) is 1.85. The Kier molecular flexibility index (Phi) is 4.73. The number of nitrogens with one attached hydrogen (secondary N) is 1. The highest BCUT2D eigenvalue weighted by atomic mass is 16.5. The van der Waals surface area contributed by atoms with Gasteiger partial charge in [0.25, 0.3) is 0 Å². The summed E-state index contributed by atoms with van der Waals surface area (Å²) < 4.78 is 15.3. The van der Waals surface area contributed by atoms with Crippen molar-refractivity contribution in [3.05, 3.63) is 36.1 Å². The molecule has 0 aliphatic rings. The van der Waals surface area contributed by atoms with E-state index in [1.165, 1.54) is 14.2 Å². The van der Waals surface area contributed by atoms with Crippen LogP contribution in [0.15, 0.2) is 34.7 Å². The van der Waals surface area contributed by atoms with Crippen molar-refractivity contribution in [3.8, 4) is 17.1 Å². The normalized spacial score (nSPS) is 10.2. The van der Waals surface area contributed by atoms with E-state index in [-0.39, 0.29) is 18.3 Å². The first-order valence-electron chi connectivity index (χ1n) is 6.20. The van der Waals surface area contributed by atoms with Crippen LogP contribution < -0.4 is 10.1 Å². The summed E-state index contributed by atoms with van der Waals surface area (Å²) in [5.41, 5.74) is 1.22. The van der Waals surface area contributed by atoms with Crippen molar-refractivity contribution in [1.82, 2.24) is 0 Å². The quantitative estimate of drug-likeness (QED) is 0.826. The third-order valence-corrected chi connectivity index (χ3v) is 2.78. The molecule has 6 heteroatoms. The van der Waals surface area contributed by atoms with Gasteiger partial charge in [0.05, 0.1) is 12.8 Å². The van der Waals surface area contributed by atoms with Gasteiger partial charge >= 0.3 is 0 Å². The van der Waals surface area contributed by atoms with E-state index in [1.54, 1.807) is 30.3 Å². The number of benzene rings is 1. The number of ether oxygens (including phenoxy) is 2. The van der Waals surface area contributed by atoms with Gasteiger partial charge in [-0.25, -0.2) is 0 Å². The summed E-state index contributed by atoms with van der Waals surface area (Å²) in [6.07, 6.45) is 0.633. The lowest BCUT2D eigenvalue weighted by atomic mass is 10.1. The molecule has 110 valence electrons. The van der Waals surface area contributed by atoms with Gasteiger partial charge in [0, 0.05) is 12.7 Å². The molecule has 1 heterocycles. The van der Waals surface area contributed by atoms with Crippen LogP contribution in [0.1, 0.15) is 10.6 Å². The van der Waals surface area contributed by atoms with E-state index in [2.05, 4.69) is 5.32 Å². The van der Waals surface area contributed by atoms with Crippen molar-refractivity contribution in [2.45, 2.75) is 0 Å². The summed E-state index contributed by atoms with van der Waals surface area (Å²) in [7, 11) is 2.95. The summed E-state index contributed by atoms with van der Waals surface area (Å²) in [4.78, 5) is 22.3.